The fourth-order valence-corrected chi connectivity index (χ4v) is 3.67. The molecule has 0 unspecified atom stereocenters. The van der Waals surface area contributed by atoms with Crippen LogP contribution in [0.1, 0.15) is 39.0 Å². The number of esters is 1. The zero-order valence-corrected chi connectivity index (χ0v) is 11.5. The van der Waals surface area contributed by atoms with Crippen LogP contribution in [0.5, 0.6) is 0 Å². The average Bonchev–Trinajstić information content (AvgIpc) is 2.82. The maximum absolute atomic E-state index is 11.5. The maximum atomic E-state index is 11.5. The molecule has 5 heteroatoms. The molecular weight excluding hydrogens is 248 g/mol. The van der Waals surface area contributed by atoms with Crippen molar-refractivity contribution >= 4 is 11.9 Å². The molecule has 0 radical (unpaired) electrons. The van der Waals surface area contributed by atoms with E-state index in [-0.39, 0.29) is 30.5 Å². The van der Waals surface area contributed by atoms with E-state index < -0.39 is 17.9 Å². The Hall–Kier alpha value is -1.10. The molecule has 1 aliphatic carbocycles. The molecule has 1 N–H and O–H groups in total. The van der Waals surface area contributed by atoms with Crippen LogP contribution in [0.25, 0.3) is 0 Å². The lowest BCUT2D eigenvalue weighted by Gasteiger charge is -2.40. The SMILES string of the molecule is COC(=O)C[C@H](C(=O)O)[C@@H]1C[C@@H](C)O[C@H]2CCC[C@@H]12. The van der Waals surface area contributed by atoms with Gasteiger partial charge in [0.15, 0.2) is 0 Å². The van der Waals surface area contributed by atoms with E-state index in [4.69, 9.17) is 4.74 Å². The predicted octanol–water partition coefficient (Wildman–Crippen LogP) is 1.84. The number of carboxylic acids is 1. The van der Waals surface area contributed by atoms with E-state index >= 15 is 0 Å². The summed E-state index contributed by atoms with van der Waals surface area (Å²) in [6, 6.07) is 0. The largest absolute Gasteiger partial charge is 0.481 e. The van der Waals surface area contributed by atoms with Crippen molar-refractivity contribution < 1.29 is 24.2 Å². The number of hydrogen-bond acceptors (Lipinski definition) is 4. The number of hydrogen-bond donors (Lipinski definition) is 1. The van der Waals surface area contributed by atoms with Gasteiger partial charge < -0.3 is 14.6 Å². The van der Waals surface area contributed by atoms with Gasteiger partial charge in [0.2, 0.25) is 0 Å². The summed E-state index contributed by atoms with van der Waals surface area (Å²) in [7, 11) is 1.30. The third kappa shape index (κ3) is 3.08. The predicted molar refractivity (Wildman–Crippen MR) is 67.5 cm³/mol. The van der Waals surface area contributed by atoms with Crippen LogP contribution in [0.2, 0.25) is 0 Å². The molecule has 0 aromatic heterocycles. The molecule has 108 valence electrons. The van der Waals surface area contributed by atoms with Gasteiger partial charge in [-0.3, -0.25) is 9.59 Å². The summed E-state index contributed by atoms with van der Waals surface area (Å²) in [6.45, 7) is 1.98. The summed E-state index contributed by atoms with van der Waals surface area (Å²) >= 11 is 0. The first-order valence-corrected chi connectivity index (χ1v) is 6.98. The van der Waals surface area contributed by atoms with Crippen LogP contribution >= 0.6 is 0 Å². The maximum Gasteiger partial charge on any atom is 0.307 e. The molecular formula is C14H22O5. The highest BCUT2D eigenvalue weighted by molar-refractivity contribution is 5.79. The molecule has 19 heavy (non-hydrogen) atoms. The number of fused-ring (bicyclic) bond motifs is 1. The van der Waals surface area contributed by atoms with Gasteiger partial charge >= 0.3 is 11.9 Å². The van der Waals surface area contributed by atoms with Crippen molar-refractivity contribution in [1.82, 2.24) is 0 Å². The van der Waals surface area contributed by atoms with E-state index in [0.717, 1.165) is 25.7 Å². The number of carbonyl (C=O) groups is 2. The quantitative estimate of drug-likeness (QED) is 0.789. The zero-order chi connectivity index (χ0) is 14.0. The van der Waals surface area contributed by atoms with Crippen LogP contribution in [-0.2, 0) is 19.1 Å². The second-order valence-electron chi connectivity index (χ2n) is 5.70. The molecule has 0 bridgehead atoms. The molecule has 5 atom stereocenters. The van der Waals surface area contributed by atoms with Crippen LogP contribution in [0.4, 0.5) is 0 Å². The minimum Gasteiger partial charge on any atom is -0.481 e. The van der Waals surface area contributed by atoms with E-state index in [1.807, 2.05) is 6.92 Å². The first-order valence-electron chi connectivity index (χ1n) is 6.98. The van der Waals surface area contributed by atoms with Gasteiger partial charge in [-0.2, -0.15) is 0 Å². The minimum absolute atomic E-state index is 0.0212. The van der Waals surface area contributed by atoms with Crippen molar-refractivity contribution in [3.05, 3.63) is 0 Å². The highest BCUT2D eigenvalue weighted by Crippen LogP contribution is 2.45. The van der Waals surface area contributed by atoms with Crippen LogP contribution in [-0.4, -0.2) is 36.4 Å². The Morgan fingerprint density at radius 2 is 2.16 bits per heavy atom. The fourth-order valence-electron chi connectivity index (χ4n) is 3.67. The zero-order valence-electron chi connectivity index (χ0n) is 11.5. The molecule has 1 heterocycles. The van der Waals surface area contributed by atoms with Gasteiger partial charge in [-0.05, 0) is 38.0 Å². The number of carbonyl (C=O) groups excluding carboxylic acids is 1. The van der Waals surface area contributed by atoms with Gasteiger partial charge in [0, 0.05) is 0 Å². The smallest absolute Gasteiger partial charge is 0.307 e. The molecule has 0 spiro atoms. The van der Waals surface area contributed by atoms with E-state index in [9.17, 15) is 14.7 Å². The number of aliphatic carboxylic acids is 1. The van der Waals surface area contributed by atoms with Gasteiger partial charge in [0.05, 0.1) is 31.7 Å². The number of carboxylic acid groups (broad SMARTS) is 1. The third-order valence-corrected chi connectivity index (χ3v) is 4.51. The minimum atomic E-state index is -0.893. The highest BCUT2D eigenvalue weighted by atomic mass is 16.5. The molecule has 2 rings (SSSR count). The lowest BCUT2D eigenvalue weighted by molar-refractivity contribution is -0.159. The van der Waals surface area contributed by atoms with E-state index in [2.05, 4.69) is 4.74 Å². The molecule has 0 aromatic rings. The summed E-state index contributed by atoms with van der Waals surface area (Å²) in [5.74, 6) is -1.68. The van der Waals surface area contributed by atoms with Crippen LogP contribution in [0.15, 0.2) is 0 Å². The second-order valence-corrected chi connectivity index (χ2v) is 5.70. The van der Waals surface area contributed by atoms with Crippen molar-refractivity contribution in [3.63, 3.8) is 0 Å². The summed E-state index contributed by atoms with van der Waals surface area (Å²) in [6.07, 6.45) is 4.03. The third-order valence-electron chi connectivity index (χ3n) is 4.51. The van der Waals surface area contributed by atoms with Crippen LogP contribution < -0.4 is 0 Å². The Kier molecular flexibility index (Phi) is 4.45. The highest BCUT2D eigenvalue weighted by Gasteiger charge is 2.45. The number of ether oxygens (including phenoxy) is 2. The first kappa shape index (κ1) is 14.3. The lowest BCUT2D eigenvalue weighted by atomic mass is 9.73. The summed E-state index contributed by atoms with van der Waals surface area (Å²) in [4.78, 5) is 22.9. The van der Waals surface area contributed by atoms with Gasteiger partial charge in [-0.1, -0.05) is 6.42 Å². The lowest BCUT2D eigenvalue weighted by Crippen LogP contribution is -2.43. The summed E-state index contributed by atoms with van der Waals surface area (Å²) in [5.41, 5.74) is 0. The fraction of sp³-hybridized carbons (Fsp3) is 0.857. The van der Waals surface area contributed by atoms with Crippen molar-refractivity contribution in [2.75, 3.05) is 7.11 Å². The van der Waals surface area contributed by atoms with Crippen molar-refractivity contribution in [1.29, 1.82) is 0 Å². The van der Waals surface area contributed by atoms with Gasteiger partial charge in [-0.25, -0.2) is 0 Å². The van der Waals surface area contributed by atoms with Crippen molar-refractivity contribution in [3.8, 4) is 0 Å². The number of rotatable bonds is 4. The Labute approximate surface area is 113 Å². The molecule has 1 saturated heterocycles. The molecule has 2 aliphatic rings. The Bertz CT molecular complexity index is 354. The monoisotopic (exact) mass is 270 g/mol. The van der Waals surface area contributed by atoms with Crippen molar-refractivity contribution in [2.45, 2.75) is 51.2 Å². The molecule has 5 nitrogen and oxygen atoms in total. The van der Waals surface area contributed by atoms with Gasteiger partial charge in [0.1, 0.15) is 0 Å². The topological polar surface area (TPSA) is 72.8 Å². The summed E-state index contributed by atoms with van der Waals surface area (Å²) < 4.78 is 10.5. The average molecular weight is 270 g/mol. The van der Waals surface area contributed by atoms with E-state index in [1.54, 1.807) is 0 Å². The van der Waals surface area contributed by atoms with E-state index in [0.29, 0.717) is 0 Å². The van der Waals surface area contributed by atoms with Gasteiger partial charge in [-0.15, -0.1) is 0 Å². The Morgan fingerprint density at radius 1 is 1.42 bits per heavy atom. The molecule has 2 fully saturated rings. The molecule has 1 saturated carbocycles. The van der Waals surface area contributed by atoms with Gasteiger partial charge in [0.25, 0.3) is 0 Å². The van der Waals surface area contributed by atoms with Crippen LogP contribution in [0, 0.1) is 17.8 Å². The Morgan fingerprint density at radius 3 is 2.79 bits per heavy atom. The van der Waals surface area contributed by atoms with Crippen LogP contribution in [0.3, 0.4) is 0 Å². The Balaban J connectivity index is 2.14. The summed E-state index contributed by atoms with van der Waals surface area (Å²) in [5, 5.41) is 9.43. The standard InChI is InChI=1S/C14H22O5/c1-8-6-10(9-4-3-5-12(9)19-8)11(14(16)17)7-13(15)18-2/h8-12H,3-7H2,1-2H3,(H,16,17)/t8-,9+,10-,11+,12+/m1/s1. The molecule has 1 aliphatic heterocycles. The second kappa shape index (κ2) is 5.90. The molecule has 0 amide bonds. The van der Waals surface area contributed by atoms with Crippen molar-refractivity contribution in [2.24, 2.45) is 17.8 Å². The first-order chi connectivity index (χ1) is 9.02. The molecule has 0 aromatic carbocycles. The number of methoxy groups -OCH3 is 1. The van der Waals surface area contributed by atoms with E-state index in [1.165, 1.54) is 7.11 Å². The normalized spacial score (nSPS) is 35.5.